The van der Waals surface area contributed by atoms with Crippen molar-refractivity contribution in [3.05, 3.63) is 29.8 Å². The summed E-state index contributed by atoms with van der Waals surface area (Å²) < 4.78 is 0. The second-order valence-corrected chi connectivity index (χ2v) is 5.84. The van der Waals surface area contributed by atoms with Gasteiger partial charge in [0.2, 0.25) is 0 Å². The molecule has 2 rings (SSSR count). The van der Waals surface area contributed by atoms with Gasteiger partial charge in [-0.3, -0.25) is 9.69 Å². The molecule has 0 spiro atoms. The molecule has 0 aromatic heterocycles. The summed E-state index contributed by atoms with van der Waals surface area (Å²) >= 11 is 0. The van der Waals surface area contributed by atoms with E-state index >= 15 is 0 Å². The molecule has 1 aliphatic rings. The van der Waals surface area contributed by atoms with Crippen molar-refractivity contribution in [1.82, 2.24) is 10.2 Å². The lowest BCUT2D eigenvalue weighted by Gasteiger charge is -2.37. The number of nitrogens with one attached hydrogen (secondary N) is 1. The SMILES string of the molecule is CC(CCc1ccc(O)cc1)(C(=O)O)N1CCCNCC1. The van der Waals surface area contributed by atoms with E-state index in [0.29, 0.717) is 12.8 Å². The first-order valence-corrected chi connectivity index (χ1v) is 7.49. The smallest absolute Gasteiger partial charge is 0.323 e. The average Bonchev–Trinajstić information content (AvgIpc) is 2.75. The normalized spacial score (nSPS) is 19.7. The van der Waals surface area contributed by atoms with Gasteiger partial charge in [-0.1, -0.05) is 12.1 Å². The molecule has 3 N–H and O–H groups in total. The van der Waals surface area contributed by atoms with Crippen LogP contribution in [-0.2, 0) is 11.2 Å². The molecule has 0 aliphatic carbocycles. The first kappa shape index (κ1) is 15.8. The molecule has 0 amide bonds. The first-order chi connectivity index (χ1) is 10.0. The van der Waals surface area contributed by atoms with Gasteiger partial charge in [0, 0.05) is 19.6 Å². The minimum absolute atomic E-state index is 0.235. The topological polar surface area (TPSA) is 72.8 Å². The number of hydrogen-bond donors (Lipinski definition) is 3. The zero-order valence-electron chi connectivity index (χ0n) is 12.5. The zero-order valence-corrected chi connectivity index (χ0v) is 12.5. The van der Waals surface area contributed by atoms with Crippen LogP contribution in [0.4, 0.5) is 0 Å². The predicted octanol–water partition coefficient (Wildman–Crippen LogP) is 1.46. The molecule has 1 heterocycles. The molecule has 1 atom stereocenters. The minimum Gasteiger partial charge on any atom is -0.508 e. The quantitative estimate of drug-likeness (QED) is 0.766. The molecule has 21 heavy (non-hydrogen) atoms. The number of aromatic hydroxyl groups is 1. The highest BCUT2D eigenvalue weighted by Crippen LogP contribution is 2.24. The van der Waals surface area contributed by atoms with Crippen molar-refractivity contribution in [3.8, 4) is 5.75 Å². The molecule has 1 saturated heterocycles. The van der Waals surface area contributed by atoms with Crippen LogP contribution < -0.4 is 5.32 Å². The molecule has 1 fully saturated rings. The fraction of sp³-hybridized carbons (Fsp3) is 0.562. The van der Waals surface area contributed by atoms with E-state index in [9.17, 15) is 15.0 Å². The van der Waals surface area contributed by atoms with Crippen molar-refractivity contribution < 1.29 is 15.0 Å². The first-order valence-electron chi connectivity index (χ1n) is 7.49. The Kier molecular flexibility index (Phi) is 5.20. The lowest BCUT2D eigenvalue weighted by molar-refractivity contribution is -0.151. The van der Waals surface area contributed by atoms with E-state index in [1.165, 1.54) is 0 Å². The maximum atomic E-state index is 11.8. The van der Waals surface area contributed by atoms with Crippen LogP contribution in [0.1, 0.15) is 25.3 Å². The molecule has 1 aliphatic heterocycles. The molecule has 1 aromatic carbocycles. The zero-order chi connectivity index (χ0) is 15.3. The number of phenolic OH excluding ortho intramolecular Hbond substituents is 1. The molecule has 1 aromatic rings. The van der Waals surface area contributed by atoms with Gasteiger partial charge in [0.15, 0.2) is 0 Å². The Balaban J connectivity index is 2.06. The standard InChI is InChI=1S/C16H24N2O3/c1-16(15(20)21,18-11-2-9-17-10-12-18)8-7-13-3-5-14(19)6-4-13/h3-6,17,19H,2,7-12H2,1H3,(H,20,21). The van der Waals surface area contributed by atoms with Gasteiger partial charge < -0.3 is 15.5 Å². The molecule has 0 bridgehead atoms. The number of carbonyl (C=O) groups is 1. The van der Waals surface area contributed by atoms with E-state index in [-0.39, 0.29) is 5.75 Å². The number of nitrogens with zero attached hydrogens (tertiary/aromatic N) is 1. The Morgan fingerprint density at radius 2 is 2.00 bits per heavy atom. The van der Waals surface area contributed by atoms with Gasteiger partial charge in [0.25, 0.3) is 0 Å². The third-order valence-electron chi connectivity index (χ3n) is 4.34. The summed E-state index contributed by atoms with van der Waals surface area (Å²) in [4.78, 5) is 13.9. The third kappa shape index (κ3) is 3.95. The van der Waals surface area contributed by atoms with Crippen molar-refractivity contribution in [2.24, 2.45) is 0 Å². The van der Waals surface area contributed by atoms with E-state index in [0.717, 1.165) is 38.2 Å². The van der Waals surface area contributed by atoms with Crippen LogP contribution in [0.15, 0.2) is 24.3 Å². The fourth-order valence-electron chi connectivity index (χ4n) is 2.79. The van der Waals surface area contributed by atoms with Gasteiger partial charge in [-0.05, 0) is 50.4 Å². The van der Waals surface area contributed by atoms with E-state index in [4.69, 9.17) is 0 Å². The summed E-state index contributed by atoms with van der Waals surface area (Å²) in [6.07, 6.45) is 2.22. The van der Waals surface area contributed by atoms with E-state index in [1.807, 2.05) is 19.1 Å². The Labute approximate surface area is 125 Å². The molecule has 0 saturated carbocycles. The van der Waals surface area contributed by atoms with Crippen LogP contribution in [0.25, 0.3) is 0 Å². The molecular weight excluding hydrogens is 268 g/mol. The maximum Gasteiger partial charge on any atom is 0.323 e. The second kappa shape index (κ2) is 6.91. The summed E-state index contributed by atoms with van der Waals surface area (Å²) in [5.41, 5.74) is 0.206. The van der Waals surface area contributed by atoms with Crippen molar-refractivity contribution in [2.45, 2.75) is 31.7 Å². The number of rotatable bonds is 5. The minimum atomic E-state index is -0.843. The Morgan fingerprint density at radius 3 is 2.67 bits per heavy atom. The van der Waals surface area contributed by atoms with Gasteiger partial charge in [-0.25, -0.2) is 0 Å². The van der Waals surface area contributed by atoms with Crippen LogP contribution in [0.2, 0.25) is 0 Å². The van der Waals surface area contributed by atoms with Crippen LogP contribution >= 0.6 is 0 Å². The molecular formula is C16H24N2O3. The number of carboxylic acid groups (broad SMARTS) is 1. The van der Waals surface area contributed by atoms with E-state index in [1.54, 1.807) is 12.1 Å². The maximum absolute atomic E-state index is 11.8. The number of aryl methyl sites for hydroxylation is 1. The van der Waals surface area contributed by atoms with E-state index < -0.39 is 11.5 Å². The van der Waals surface area contributed by atoms with E-state index in [2.05, 4.69) is 10.2 Å². The summed E-state index contributed by atoms with van der Waals surface area (Å²) in [5.74, 6) is -0.526. The largest absolute Gasteiger partial charge is 0.508 e. The lowest BCUT2D eigenvalue weighted by Crippen LogP contribution is -2.53. The van der Waals surface area contributed by atoms with Gasteiger partial charge in [-0.15, -0.1) is 0 Å². The Bertz CT molecular complexity index is 467. The number of hydrogen-bond acceptors (Lipinski definition) is 4. The molecule has 5 nitrogen and oxygen atoms in total. The summed E-state index contributed by atoms with van der Waals surface area (Å²) in [5, 5.41) is 22.3. The predicted molar refractivity (Wildman–Crippen MR) is 81.5 cm³/mol. The summed E-state index contributed by atoms with van der Waals surface area (Å²) in [6, 6.07) is 6.98. The van der Waals surface area contributed by atoms with Crippen LogP contribution in [0, 0.1) is 0 Å². The van der Waals surface area contributed by atoms with Gasteiger partial charge in [0.05, 0.1) is 0 Å². The van der Waals surface area contributed by atoms with Gasteiger partial charge in [0.1, 0.15) is 11.3 Å². The second-order valence-electron chi connectivity index (χ2n) is 5.84. The summed E-state index contributed by atoms with van der Waals surface area (Å²) in [7, 11) is 0. The van der Waals surface area contributed by atoms with Crippen LogP contribution in [0.3, 0.4) is 0 Å². The average molecular weight is 292 g/mol. The number of phenols is 1. The molecule has 0 radical (unpaired) electrons. The molecule has 5 heteroatoms. The third-order valence-corrected chi connectivity index (χ3v) is 4.34. The van der Waals surface area contributed by atoms with Gasteiger partial charge in [-0.2, -0.15) is 0 Å². The van der Waals surface area contributed by atoms with Crippen molar-refractivity contribution in [1.29, 1.82) is 0 Å². The summed E-state index contributed by atoms with van der Waals surface area (Å²) in [6.45, 7) is 5.18. The lowest BCUT2D eigenvalue weighted by atomic mass is 9.91. The van der Waals surface area contributed by atoms with Crippen molar-refractivity contribution >= 4 is 5.97 Å². The highest BCUT2D eigenvalue weighted by Gasteiger charge is 2.39. The van der Waals surface area contributed by atoms with Crippen LogP contribution in [0.5, 0.6) is 5.75 Å². The van der Waals surface area contributed by atoms with Crippen molar-refractivity contribution in [2.75, 3.05) is 26.2 Å². The Morgan fingerprint density at radius 1 is 1.29 bits per heavy atom. The fourth-order valence-corrected chi connectivity index (χ4v) is 2.79. The highest BCUT2D eigenvalue weighted by atomic mass is 16.4. The van der Waals surface area contributed by atoms with Gasteiger partial charge >= 0.3 is 5.97 Å². The highest BCUT2D eigenvalue weighted by molar-refractivity contribution is 5.78. The monoisotopic (exact) mass is 292 g/mol. The van der Waals surface area contributed by atoms with Crippen molar-refractivity contribution in [3.63, 3.8) is 0 Å². The molecule has 1 unspecified atom stereocenters. The number of carboxylic acids is 1. The number of aliphatic carboxylic acids is 1. The number of benzene rings is 1. The Hall–Kier alpha value is -1.59. The molecule has 116 valence electrons. The van der Waals surface area contributed by atoms with Crippen LogP contribution in [-0.4, -0.2) is 52.8 Å².